The Morgan fingerprint density at radius 1 is 1.57 bits per heavy atom. The second-order valence-corrected chi connectivity index (χ2v) is 5.33. The molecule has 0 aliphatic rings. The van der Waals surface area contributed by atoms with Gasteiger partial charge in [0, 0.05) is 10.8 Å². The van der Waals surface area contributed by atoms with E-state index in [-0.39, 0.29) is 12.0 Å². The number of aromatic nitrogens is 1. The number of rotatable bonds is 2. The second kappa shape index (κ2) is 4.24. The van der Waals surface area contributed by atoms with Gasteiger partial charge in [-0.2, -0.15) is 0 Å². The monoisotopic (exact) mass is 211 g/mol. The highest BCUT2D eigenvalue weighted by Crippen LogP contribution is 2.26. The second-order valence-electron chi connectivity index (χ2n) is 4.48. The van der Waals surface area contributed by atoms with Crippen molar-refractivity contribution in [1.29, 1.82) is 0 Å². The average Bonchev–Trinajstić information content (AvgIpc) is 2.51. The van der Waals surface area contributed by atoms with Crippen LogP contribution < -0.4 is 0 Å². The molecule has 1 N–H and O–H groups in total. The summed E-state index contributed by atoms with van der Waals surface area (Å²) < 4.78 is 0. The van der Waals surface area contributed by atoms with Crippen LogP contribution in [0.4, 0.5) is 0 Å². The van der Waals surface area contributed by atoms with E-state index >= 15 is 0 Å². The Labute approximate surface area is 89.3 Å². The molecule has 0 atom stereocenters. The van der Waals surface area contributed by atoms with Crippen LogP contribution >= 0.6 is 11.3 Å². The maximum absolute atomic E-state index is 8.87. The van der Waals surface area contributed by atoms with Crippen molar-refractivity contribution in [2.75, 3.05) is 6.61 Å². The summed E-state index contributed by atoms with van der Waals surface area (Å²) in [5.41, 5.74) is 2.01. The summed E-state index contributed by atoms with van der Waals surface area (Å²) in [6.45, 7) is 8.45. The van der Waals surface area contributed by atoms with Crippen molar-refractivity contribution in [3.8, 4) is 0 Å². The fraction of sp³-hybridized carbons (Fsp3) is 0.545. The predicted octanol–water partition coefficient (Wildman–Crippen LogP) is 2.84. The van der Waals surface area contributed by atoms with Crippen LogP contribution in [0.2, 0.25) is 0 Å². The van der Waals surface area contributed by atoms with E-state index in [0.29, 0.717) is 0 Å². The summed E-state index contributed by atoms with van der Waals surface area (Å²) in [5, 5.41) is 12.0. The topological polar surface area (TPSA) is 33.1 Å². The highest BCUT2D eigenvalue weighted by molar-refractivity contribution is 7.09. The minimum absolute atomic E-state index is 0.0996. The Balaban J connectivity index is 2.89. The van der Waals surface area contributed by atoms with Gasteiger partial charge in [0.05, 0.1) is 17.3 Å². The molecule has 1 aromatic heterocycles. The quantitative estimate of drug-likeness (QED) is 0.816. The first-order valence-electron chi connectivity index (χ1n) is 4.67. The molecule has 0 spiro atoms. The Hall–Kier alpha value is -0.670. The van der Waals surface area contributed by atoms with Crippen LogP contribution in [0.3, 0.4) is 0 Å². The molecule has 0 aliphatic heterocycles. The molecular weight excluding hydrogens is 194 g/mol. The molecule has 0 radical (unpaired) electrons. The first-order valence-corrected chi connectivity index (χ1v) is 5.55. The van der Waals surface area contributed by atoms with Crippen molar-refractivity contribution >= 4 is 17.4 Å². The number of hydrogen-bond acceptors (Lipinski definition) is 3. The molecule has 0 fully saturated rings. The van der Waals surface area contributed by atoms with E-state index in [4.69, 9.17) is 5.11 Å². The SMILES string of the molecule is C/C(=C\c1csc(C(C)(C)C)n1)CO. The molecule has 0 saturated heterocycles. The molecule has 3 heteroatoms. The van der Waals surface area contributed by atoms with E-state index in [0.717, 1.165) is 16.3 Å². The number of nitrogens with zero attached hydrogens (tertiary/aromatic N) is 1. The maximum atomic E-state index is 8.87. The summed E-state index contributed by atoms with van der Waals surface area (Å²) in [6.07, 6.45) is 1.92. The van der Waals surface area contributed by atoms with Gasteiger partial charge < -0.3 is 5.11 Å². The van der Waals surface area contributed by atoms with Gasteiger partial charge in [-0.25, -0.2) is 4.98 Å². The Kier molecular flexibility index (Phi) is 3.45. The highest BCUT2D eigenvalue weighted by Gasteiger charge is 2.17. The van der Waals surface area contributed by atoms with Gasteiger partial charge in [-0.1, -0.05) is 20.8 Å². The Morgan fingerprint density at radius 3 is 2.64 bits per heavy atom. The molecule has 2 nitrogen and oxygen atoms in total. The van der Waals surface area contributed by atoms with E-state index in [1.165, 1.54) is 0 Å². The van der Waals surface area contributed by atoms with Crippen LogP contribution in [0.25, 0.3) is 6.08 Å². The third kappa shape index (κ3) is 2.93. The molecule has 0 amide bonds. The van der Waals surface area contributed by atoms with E-state index in [1.54, 1.807) is 11.3 Å². The van der Waals surface area contributed by atoms with Gasteiger partial charge in [-0.3, -0.25) is 0 Å². The average molecular weight is 211 g/mol. The molecule has 0 aliphatic carbocycles. The standard InChI is InChI=1S/C11H17NOS/c1-8(6-13)5-9-7-14-10(12-9)11(2,3)4/h5,7,13H,6H2,1-4H3/b8-5+. The minimum atomic E-state index is 0.0996. The summed E-state index contributed by atoms with van der Waals surface area (Å²) in [5.74, 6) is 0. The predicted molar refractivity (Wildman–Crippen MR) is 61.6 cm³/mol. The van der Waals surface area contributed by atoms with Crippen LogP contribution in [0.5, 0.6) is 0 Å². The smallest absolute Gasteiger partial charge is 0.0985 e. The van der Waals surface area contributed by atoms with Crippen molar-refractivity contribution in [2.24, 2.45) is 0 Å². The van der Waals surface area contributed by atoms with Gasteiger partial charge >= 0.3 is 0 Å². The zero-order valence-electron chi connectivity index (χ0n) is 9.16. The summed E-state index contributed by atoms with van der Waals surface area (Å²) in [4.78, 5) is 4.50. The number of aliphatic hydroxyl groups is 1. The number of hydrogen-bond donors (Lipinski definition) is 1. The molecule has 14 heavy (non-hydrogen) atoms. The zero-order valence-corrected chi connectivity index (χ0v) is 9.98. The van der Waals surface area contributed by atoms with Crippen molar-refractivity contribution in [1.82, 2.24) is 4.98 Å². The molecular formula is C11H17NOS. The van der Waals surface area contributed by atoms with Gasteiger partial charge in [-0.15, -0.1) is 11.3 Å². The van der Waals surface area contributed by atoms with Crippen LogP contribution in [-0.2, 0) is 5.41 Å². The zero-order chi connectivity index (χ0) is 10.8. The first-order chi connectivity index (χ1) is 6.43. The van der Waals surface area contributed by atoms with Crippen molar-refractivity contribution in [3.05, 3.63) is 21.7 Å². The molecule has 0 saturated carbocycles. The fourth-order valence-corrected chi connectivity index (χ4v) is 1.86. The van der Waals surface area contributed by atoms with Crippen LogP contribution in [0.1, 0.15) is 38.4 Å². The molecule has 1 aromatic rings. The van der Waals surface area contributed by atoms with E-state index in [1.807, 2.05) is 18.4 Å². The Morgan fingerprint density at radius 2 is 2.21 bits per heavy atom. The lowest BCUT2D eigenvalue weighted by molar-refractivity contribution is 0.332. The van der Waals surface area contributed by atoms with Gasteiger partial charge in [0.1, 0.15) is 0 Å². The summed E-state index contributed by atoms with van der Waals surface area (Å²) in [6, 6.07) is 0. The third-order valence-corrected chi connectivity index (χ3v) is 3.09. The van der Waals surface area contributed by atoms with Gasteiger partial charge in [0.25, 0.3) is 0 Å². The molecule has 0 unspecified atom stereocenters. The normalized spacial score (nSPS) is 13.4. The van der Waals surface area contributed by atoms with E-state index in [2.05, 4.69) is 25.8 Å². The molecule has 0 bridgehead atoms. The van der Waals surface area contributed by atoms with Crippen LogP contribution in [0.15, 0.2) is 11.0 Å². The van der Waals surface area contributed by atoms with E-state index in [9.17, 15) is 0 Å². The van der Waals surface area contributed by atoms with Crippen molar-refractivity contribution < 1.29 is 5.11 Å². The van der Waals surface area contributed by atoms with Crippen molar-refractivity contribution in [3.63, 3.8) is 0 Å². The summed E-state index contributed by atoms with van der Waals surface area (Å²) in [7, 11) is 0. The molecule has 0 aromatic carbocycles. The van der Waals surface area contributed by atoms with Gasteiger partial charge in [0.2, 0.25) is 0 Å². The molecule has 1 rings (SSSR count). The highest BCUT2D eigenvalue weighted by atomic mass is 32.1. The number of aliphatic hydroxyl groups excluding tert-OH is 1. The lowest BCUT2D eigenvalue weighted by Gasteiger charge is -2.13. The Bertz CT molecular complexity index is 333. The molecule has 1 heterocycles. The van der Waals surface area contributed by atoms with E-state index < -0.39 is 0 Å². The van der Waals surface area contributed by atoms with Crippen LogP contribution in [-0.4, -0.2) is 16.7 Å². The lowest BCUT2D eigenvalue weighted by atomic mass is 9.98. The minimum Gasteiger partial charge on any atom is -0.392 e. The maximum Gasteiger partial charge on any atom is 0.0985 e. The van der Waals surface area contributed by atoms with Crippen LogP contribution in [0, 0.1) is 0 Å². The van der Waals surface area contributed by atoms with Gasteiger partial charge in [0.15, 0.2) is 0 Å². The fourth-order valence-electron chi connectivity index (χ4n) is 0.995. The van der Waals surface area contributed by atoms with Gasteiger partial charge in [-0.05, 0) is 18.6 Å². The first kappa shape index (κ1) is 11.4. The largest absolute Gasteiger partial charge is 0.392 e. The third-order valence-electron chi connectivity index (χ3n) is 1.81. The summed E-state index contributed by atoms with van der Waals surface area (Å²) >= 11 is 1.67. The lowest BCUT2D eigenvalue weighted by Crippen LogP contribution is -2.10. The molecule has 78 valence electrons. The number of thiazole rings is 1. The van der Waals surface area contributed by atoms with Crippen molar-refractivity contribution in [2.45, 2.75) is 33.1 Å².